The third-order valence-corrected chi connectivity index (χ3v) is 3.56. The molecule has 0 aliphatic carbocycles. The van der Waals surface area contributed by atoms with E-state index in [2.05, 4.69) is 20.8 Å². The van der Waals surface area contributed by atoms with E-state index in [1.165, 1.54) is 5.56 Å². The van der Waals surface area contributed by atoms with Crippen molar-refractivity contribution in [3.63, 3.8) is 0 Å². The maximum Gasteiger partial charge on any atom is 0.188 e. The maximum atomic E-state index is 11.9. The third-order valence-electron chi connectivity index (χ3n) is 3.56. The summed E-state index contributed by atoms with van der Waals surface area (Å²) in [4.78, 5) is 11.9. The third kappa shape index (κ3) is 5.56. The number of carbonyl (C=O) groups excluding carboxylic acids is 1. The molecule has 0 aliphatic heterocycles. The lowest BCUT2D eigenvalue weighted by Gasteiger charge is -2.12. The Hall–Kier alpha value is -1.15. The molecule has 1 aromatic carbocycles. The van der Waals surface area contributed by atoms with Gasteiger partial charge in [-0.15, -0.1) is 0 Å². The highest BCUT2D eigenvalue weighted by atomic mass is 16.5. The molecule has 0 spiro atoms. The summed E-state index contributed by atoms with van der Waals surface area (Å²) >= 11 is 0. The molecule has 1 aromatic rings. The van der Waals surface area contributed by atoms with Crippen LogP contribution in [0.4, 0.5) is 0 Å². The summed E-state index contributed by atoms with van der Waals surface area (Å²) in [5.74, 6) is 0.647. The van der Waals surface area contributed by atoms with Crippen LogP contribution in [0, 0.1) is 5.92 Å². The van der Waals surface area contributed by atoms with E-state index in [9.17, 15) is 4.79 Å². The van der Waals surface area contributed by atoms with Gasteiger partial charge in [0.1, 0.15) is 6.61 Å². The van der Waals surface area contributed by atoms with Crippen LogP contribution in [-0.4, -0.2) is 19.0 Å². The van der Waals surface area contributed by atoms with Gasteiger partial charge in [-0.2, -0.15) is 0 Å². The molecular weight excluding hydrogens is 236 g/mol. The monoisotopic (exact) mass is 262 g/mol. The zero-order valence-corrected chi connectivity index (χ0v) is 12.4. The Kier molecular flexibility index (Phi) is 7.42. The van der Waals surface area contributed by atoms with Crippen molar-refractivity contribution in [1.29, 1.82) is 0 Å². The summed E-state index contributed by atoms with van der Waals surface area (Å²) in [7, 11) is 0. The van der Waals surface area contributed by atoms with Crippen LogP contribution in [0.25, 0.3) is 0 Å². The molecule has 2 heteroatoms. The van der Waals surface area contributed by atoms with E-state index < -0.39 is 0 Å². The summed E-state index contributed by atoms with van der Waals surface area (Å²) in [5.41, 5.74) is 2.04. The SMILES string of the molecule is CCCc1ccc(C(=O)COCC(CC)CC)cc1. The van der Waals surface area contributed by atoms with Gasteiger partial charge in [0.05, 0.1) is 0 Å². The topological polar surface area (TPSA) is 26.3 Å². The van der Waals surface area contributed by atoms with Gasteiger partial charge in [-0.3, -0.25) is 4.79 Å². The molecule has 0 N–H and O–H groups in total. The largest absolute Gasteiger partial charge is 0.373 e. The first kappa shape index (κ1) is 15.9. The summed E-state index contributed by atoms with van der Waals surface area (Å²) < 4.78 is 5.52. The number of ether oxygens (including phenoxy) is 1. The molecule has 0 aromatic heterocycles. The van der Waals surface area contributed by atoms with Gasteiger partial charge in [0, 0.05) is 12.2 Å². The van der Waals surface area contributed by atoms with E-state index >= 15 is 0 Å². The van der Waals surface area contributed by atoms with Crippen LogP contribution in [0.2, 0.25) is 0 Å². The van der Waals surface area contributed by atoms with Crippen molar-refractivity contribution in [2.75, 3.05) is 13.2 Å². The minimum absolute atomic E-state index is 0.0778. The van der Waals surface area contributed by atoms with Gasteiger partial charge in [-0.1, -0.05) is 64.3 Å². The van der Waals surface area contributed by atoms with E-state index in [0.29, 0.717) is 12.5 Å². The van der Waals surface area contributed by atoms with Gasteiger partial charge in [-0.05, 0) is 17.9 Å². The molecule has 0 bridgehead atoms. The average Bonchev–Trinajstić information content (AvgIpc) is 2.44. The Labute approximate surface area is 117 Å². The van der Waals surface area contributed by atoms with Gasteiger partial charge >= 0.3 is 0 Å². The van der Waals surface area contributed by atoms with Crippen LogP contribution in [0.3, 0.4) is 0 Å². The van der Waals surface area contributed by atoms with Crippen molar-refractivity contribution >= 4 is 5.78 Å². The number of aryl methyl sites for hydroxylation is 1. The molecule has 0 unspecified atom stereocenters. The fraction of sp³-hybridized carbons (Fsp3) is 0.588. The lowest BCUT2D eigenvalue weighted by atomic mass is 10.0. The number of Topliss-reactive ketones (excluding diaryl/α,β-unsaturated/α-hetero) is 1. The van der Waals surface area contributed by atoms with E-state index in [0.717, 1.165) is 31.2 Å². The Morgan fingerprint density at radius 1 is 1.11 bits per heavy atom. The van der Waals surface area contributed by atoms with Crippen LogP contribution < -0.4 is 0 Å². The Morgan fingerprint density at radius 2 is 1.74 bits per heavy atom. The van der Waals surface area contributed by atoms with Gasteiger partial charge in [0.25, 0.3) is 0 Å². The lowest BCUT2D eigenvalue weighted by Crippen LogP contribution is -2.14. The van der Waals surface area contributed by atoms with Gasteiger partial charge < -0.3 is 4.74 Å². The van der Waals surface area contributed by atoms with Crippen molar-refractivity contribution in [2.24, 2.45) is 5.92 Å². The molecule has 0 fully saturated rings. The van der Waals surface area contributed by atoms with Gasteiger partial charge in [0.2, 0.25) is 0 Å². The van der Waals surface area contributed by atoms with Crippen LogP contribution in [0.5, 0.6) is 0 Å². The van der Waals surface area contributed by atoms with Crippen molar-refractivity contribution < 1.29 is 9.53 Å². The molecule has 19 heavy (non-hydrogen) atoms. The number of benzene rings is 1. The van der Waals surface area contributed by atoms with Crippen LogP contribution in [0.1, 0.15) is 56.0 Å². The number of carbonyl (C=O) groups is 1. The van der Waals surface area contributed by atoms with Crippen molar-refractivity contribution in [3.05, 3.63) is 35.4 Å². The highest BCUT2D eigenvalue weighted by Crippen LogP contribution is 2.10. The molecule has 106 valence electrons. The van der Waals surface area contributed by atoms with Crippen molar-refractivity contribution in [2.45, 2.75) is 46.5 Å². The molecule has 0 aliphatic rings. The molecule has 0 saturated heterocycles. The molecule has 0 atom stereocenters. The summed E-state index contributed by atoms with van der Waals surface area (Å²) in [6, 6.07) is 7.90. The standard InChI is InChI=1S/C17H26O2/c1-4-7-15-8-10-16(11-9-15)17(18)13-19-12-14(5-2)6-3/h8-11,14H,4-7,12-13H2,1-3H3. The smallest absolute Gasteiger partial charge is 0.188 e. The fourth-order valence-electron chi connectivity index (χ4n) is 2.07. The second-order valence-corrected chi connectivity index (χ2v) is 5.07. The number of hydrogen-bond donors (Lipinski definition) is 0. The molecule has 0 saturated carbocycles. The maximum absolute atomic E-state index is 11.9. The van der Waals surface area contributed by atoms with E-state index in [1.54, 1.807) is 0 Å². The first-order valence-electron chi connectivity index (χ1n) is 7.41. The normalized spacial score (nSPS) is 10.9. The highest BCUT2D eigenvalue weighted by molar-refractivity contribution is 5.97. The van der Waals surface area contributed by atoms with E-state index in [1.807, 2.05) is 24.3 Å². The fourth-order valence-corrected chi connectivity index (χ4v) is 2.07. The Bertz CT molecular complexity index is 363. The quantitative estimate of drug-likeness (QED) is 0.621. The molecule has 0 amide bonds. The molecule has 0 heterocycles. The minimum atomic E-state index is 0.0778. The predicted molar refractivity (Wildman–Crippen MR) is 79.7 cm³/mol. The van der Waals surface area contributed by atoms with E-state index in [-0.39, 0.29) is 12.4 Å². The number of rotatable bonds is 9. The molecule has 1 rings (SSSR count). The first-order chi connectivity index (χ1) is 9.21. The van der Waals surface area contributed by atoms with E-state index in [4.69, 9.17) is 4.74 Å². The molecular formula is C17H26O2. The zero-order valence-electron chi connectivity index (χ0n) is 12.4. The Balaban J connectivity index is 2.40. The van der Waals surface area contributed by atoms with Gasteiger partial charge in [-0.25, -0.2) is 0 Å². The lowest BCUT2D eigenvalue weighted by molar-refractivity contribution is 0.0666. The summed E-state index contributed by atoms with van der Waals surface area (Å²) in [6.07, 6.45) is 4.41. The minimum Gasteiger partial charge on any atom is -0.373 e. The predicted octanol–water partition coefficient (Wildman–Crippen LogP) is 4.27. The van der Waals surface area contributed by atoms with Crippen molar-refractivity contribution in [3.8, 4) is 0 Å². The summed E-state index contributed by atoms with van der Waals surface area (Å²) in [6.45, 7) is 7.36. The number of ketones is 1. The van der Waals surface area contributed by atoms with Gasteiger partial charge in [0.15, 0.2) is 5.78 Å². The summed E-state index contributed by atoms with van der Waals surface area (Å²) in [5, 5.41) is 0. The van der Waals surface area contributed by atoms with Crippen LogP contribution in [0.15, 0.2) is 24.3 Å². The van der Waals surface area contributed by atoms with Crippen LogP contribution >= 0.6 is 0 Å². The molecule has 0 radical (unpaired) electrons. The highest BCUT2D eigenvalue weighted by Gasteiger charge is 2.08. The average molecular weight is 262 g/mol. The second-order valence-electron chi connectivity index (χ2n) is 5.07. The molecule has 2 nitrogen and oxygen atoms in total. The van der Waals surface area contributed by atoms with Crippen LogP contribution in [-0.2, 0) is 11.2 Å². The zero-order chi connectivity index (χ0) is 14.1. The Morgan fingerprint density at radius 3 is 2.26 bits per heavy atom. The first-order valence-corrected chi connectivity index (χ1v) is 7.41. The number of hydrogen-bond acceptors (Lipinski definition) is 2. The second kappa shape index (κ2) is 8.87. The van der Waals surface area contributed by atoms with Crippen molar-refractivity contribution in [1.82, 2.24) is 0 Å².